The predicted octanol–water partition coefficient (Wildman–Crippen LogP) is 3.18. The second-order valence-corrected chi connectivity index (χ2v) is 6.04. The Hall–Kier alpha value is -3.68. The average molecular weight is 345 g/mol. The van der Waals surface area contributed by atoms with Gasteiger partial charge in [0, 0.05) is 18.0 Å². The number of aryl methyl sites for hydroxylation is 1. The molecule has 0 amide bonds. The zero-order valence-electron chi connectivity index (χ0n) is 13.7. The normalized spacial score (nSPS) is 11.5. The van der Waals surface area contributed by atoms with Crippen molar-refractivity contribution in [1.82, 2.24) is 35.2 Å². The van der Waals surface area contributed by atoms with Crippen LogP contribution >= 0.6 is 0 Å². The first-order valence-corrected chi connectivity index (χ1v) is 7.97. The smallest absolute Gasteiger partial charge is 0.184 e. The fourth-order valence-corrected chi connectivity index (χ4v) is 3.24. The maximum Gasteiger partial charge on any atom is 0.184 e. The van der Waals surface area contributed by atoms with Crippen LogP contribution in [0.2, 0.25) is 0 Å². The van der Waals surface area contributed by atoms with E-state index in [1.54, 1.807) is 23.0 Å². The van der Waals surface area contributed by atoms with Crippen molar-refractivity contribution in [3.8, 4) is 22.5 Å². The highest BCUT2D eigenvalue weighted by Gasteiger charge is 2.14. The fraction of sp³-hybridized carbons (Fsp3) is 0.0556. The molecule has 0 saturated heterocycles. The molecule has 0 saturated carbocycles. The molecule has 0 unspecified atom stereocenters. The molecule has 0 radical (unpaired) electrons. The lowest BCUT2D eigenvalue weighted by Crippen LogP contribution is -1.95. The summed E-state index contributed by atoms with van der Waals surface area (Å²) in [5, 5.41) is 20.0. The monoisotopic (exact) mass is 345 g/mol. The van der Waals surface area contributed by atoms with Gasteiger partial charge in [0.25, 0.3) is 0 Å². The van der Waals surface area contributed by atoms with E-state index in [1.165, 1.54) is 12.1 Å². The molecule has 0 aliphatic rings. The van der Waals surface area contributed by atoms with Crippen LogP contribution in [0.3, 0.4) is 0 Å². The molecule has 8 heteroatoms. The quantitative estimate of drug-likeness (QED) is 0.531. The van der Waals surface area contributed by atoms with Crippen molar-refractivity contribution in [1.29, 1.82) is 0 Å². The van der Waals surface area contributed by atoms with E-state index in [2.05, 4.69) is 30.7 Å². The largest absolute Gasteiger partial charge is 0.239 e. The summed E-state index contributed by atoms with van der Waals surface area (Å²) in [7, 11) is 0. The van der Waals surface area contributed by atoms with Crippen molar-refractivity contribution in [2.45, 2.75) is 6.92 Å². The number of hydrogen-bond donors (Lipinski definition) is 1. The highest BCUT2D eigenvalue weighted by Crippen LogP contribution is 2.32. The number of tetrazole rings is 1. The first-order valence-electron chi connectivity index (χ1n) is 7.97. The molecular formula is C18H12FN7. The van der Waals surface area contributed by atoms with Crippen molar-refractivity contribution < 1.29 is 4.39 Å². The number of nitrogens with one attached hydrogen (secondary N) is 1. The van der Waals surface area contributed by atoms with Crippen LogP contribution in [0.15, 0.2) is 48.9 Å². The topological polar surface area (TPSA) is 84.6 Å². The van der Waals surface area contributed by atoms with Crippen LogP contribution < -0.4 is 0 Å². The molecule has 5 rings (SSSR count). The van der Waals surface area contributed by atoms with Gasteiger partial charge in [0.05, 0.1) is 11.8 Å². The number of aromatic nitrogens is 7. The van der Waals surface area contributed by atoms with E-state index in [9.17, 15) is 4.39 Å². The number of benzene rings is 2. The molecule has 0 fully saturated rings. The van der Waals surface area contributed by atoms with E-state index >= 15 is 0 Å². The number of nitrogens with zero attached hydrogens (tertiary/aromatic N) is 6. The summed E-state index contributed by atoms with van der Waals surface area (Å²) in [4.78, 5) is 4.55. The van der Waals surface area contributed by atoms with E-state index in [0.717, 1.165) is 33.0 Å². The van der Waals surface area contributed by atoms with Crippen molar-refractivity contribution in [2.24, 2.45) is 0 Å². The van der Waals surface area contributed by atoms with Gasteiger partial charge in [-0.3, -0.25) is 0 Å². The molecule has 126 valence electrons. The van der Waals surface area contributed by atoms with Gasteiger partial charge in [-0.25, -0.2) is 19.0 Å². The summed E-state index contributed by atoms with van der Waals surface area (Å²) >= 11 is 0. The third-order valence-electron chi connectivity index (χ3n) is 4.44. The minimum atomic E-state index is -0.252. The summed E-state index contributed by atoms with van der Waals surface area (Å²) in [6, 6.07) is 8.71. The van der Waals surface area contributed by atoms with Crippen molar-refractivity contribution >= 4 is 16.4 Å². The van der Waals surface area contributed by atoms with Crippen molar-refractivity contribution in [3.05, 3.63) is 60.3 Å². The lowest BCUT2D eigenvalue weighted by molar-refractivity contribution is 0.630. The van der Waals surface area contributed by atoms with Gasteiger partial charge in [0.15, 0.2) is 11.5 Å². The summed E-state index contributed by atoms with van der Waals surface area (Å²) < 4.78 is 15.3. The number of fused-ring (bicyclic) bond motifs is 2. The van der Waals surface area contributed by atoms with Crippen LogP contribution in [0.4, 0.5) is 4.39 Å². The molecule has 0 bridgehead atoms. The number of halogens is 1. The van der Waals surface area contributed by atoms with Crippen LogP contribution in [0.1, 0.15) is 5.56 Å². The highest BCUT2D eigenvalue weighted by atomic mass is 19.1. The zero-order valence-corrected chi connectivity index (χ0v) is 13.7. The number of hydrogen-bond acceptors (Lipinski definition) is 5. The molecule has 26 heavy (non-hydrogen) atoms. The van der Waals surface area contributed by atoms with E-state index < -0.39 is 0 Å². The van der Waals surface area contributed by atoms with Crippen LogP contribution in [0.5, 0.6) is 0 Å². The maximum absolute atomic E-state index is 13.6. The number of aromatic amines is 1. The molecule has 0 atom stereocenters. The Morgan fingerprint density at radius 2 is 2.04 bits per heavy atom. The van der Waals surface area contributed by atoms with E-state index in [0.29, 0.717) is 11.5 Å². The molecule has 7 nitrogen and oxygen atoms in total. The van der Waals surface area contributed by atoms with E-state index in [-0.39, 0.29) is 5.82 Å². The van der Waals surface area contributed by atoms with Crippen molar-refractivity contribution in [3.63, 3.8) is 0 Å². The van der Waals surface area contributed by atoms with E-state index in [1.807, 2.05) is 25.3 Å². The lowest BCUT2D eigenvalue weighted by Gasteiger charge is -2.11. The van der Waals surface area contributed by atoms with Gasteiger partial charge in [-0.05, 0) is 51.4 Å². The lowest BCUT2D eigenvalue weighted by atomic mass is 9.95. The Balaban J connectivity index is 1.73. The molecule has 3 aromatic heterocycles. The third kappa shape index (κ3) is 2.16. The fourth-order valence-electron chi connectivity index (χ4n) is 3.24. The summed E-state index contributed by atoms with van der Waals surface area (Å²) in [5.41, 5.74) is 4.36. The standard InChI is InChI=1S/C18H12FN7/c1-10-2-3-11-6-13(19)4-5-14(11)16(10)12-7-20-18-15(8-21-26(18)9-12)17-22-24-25-23-17/h2-9H,1H3,(H,22,23,24,25). The Morgan fingerprint density at radius 1 is 1.12 bits per heavy atom. The molecule has 3 heterocycles. The molecule has 5 aromatic rings. The summed E-state index contributed by atoms with van der Waals surface area (Å²) in [6.07, 6.45) is 5.36. The molecule has 1 N–H and O–H groups in total. The molecular weight excluding hydrogens is 333 g/mol. The molecule has 2 aromatic carbocycles. The van der Waals surface area contributed by atoms with Gasteiger partial charge in [-0.1, -0.05) is 18.2 Å². The van der Waals surface area contributed by atoms with Crippen LogP contribution in [0.25, 0.3) is 38.9 Å². The number of H-pyrrole nitrogens is 1. The second kappa shape index (κ2) is 5.41. The van der Waals surface area contributed by atoms with Crippen molar-refractivity contribution in [2.75, 3.05) is 0 Å². The maximum atomic E-state index is 13.6. The minimum absolute atomic E-state index is 0.252. The van der Waals surface area contributed by atoms with Crippen LogP contribution in [0, 0.1) is 12.7 Å². The zero-order chi connectivity index (χ0) is 17.7. The Bertz CT molecular complexity index is 1260. The van der Waals surface area contributed by atoms with Gasteiger partial charge in [-0.15, -0.1) is 5.10 Å². The highest BCUT2D eigenvalue weighted by molar-refractivity contribution is 5.98. The van der Waals surface area contributed by atoms with Crippen LogP contribution in [-0.4, -0.2) is 35.2 Å². The first kappa shape index (κ1) is 14.6. The molecule has 0 aliphatic heterocycles. The van der Waals surface area contributed by atoms with Gasteiger partial charge in [-0.2, -0.15) is 5.10 Å². The minimum Gasteiger partial charge on any atom is -0.239 e. The SMILES string of the molecule is Cc1ccc2cc(F)ccc2c1-c1cnc2c(-c3nnn[nH]3)cnn2c1. The third-order valence-corrected chi connectivity index (χ3v) is 4.44. The van der Waals surface area contributed by atoms with Gasteiger partial charge in [0.1, 0.15) is 5.82 Å². The predicted molar refractivity (Wildman–Crippen MR) is 93.8 cm³/mol. The number of rotatable bonds is 2. The Kier molecular flexibility index (Phi) is 3.05. The Labute approximate surface area is 146 Å². The van der Waals surface area contributed by atoms with Crippen LogP contribution in [-0.2, 0) is 0 Å². The first-order chi connectivity index (χ1) is 12.7. The molecule has 0 aliphatic carbocycles. The van der Waals surface area contributed by atoms with Gasteiger partial charge in [0.2, 0.25) is 0 Å². The summed E-state index contributed by atoms with van der Waals surface area (Å²) in [5.74, 6) is 0.260. The Morgan fingerprint density at radius 3 is 2.88 bits per heavy atom. The van der Waals surface area contributed by atoms with Gasteiger partial charge >= 0.3 is 0 Å². The van der Waals surface area contributed by atoms with Gasteiger partial charge < -0.3 is 0 Å². The average Bonchev–Trinajstić information content (AvgIpc) is 3.30. The molecule has 0 spiro atoms. The van der Waals surface area contributed by atoms with E-state index in [4.69, 9.17) is 0 Å². The second-order valence-electron chi connectivity index (χ2n) is 6.04. The summed E-state index contributed by atoms with van der Waals surface area (Å²) in [6.45, 7) is 2.02.